The van der Waals surface area contributed by atoms with E-state index in [4.69, 9.17) is 5.73 Å². The Labute approximate surface area is 101 Å². The Kier molecular flexibility index (Phi) is 4.11. The van der Waals surface area contributed by atoms with Crippen LogP contribution in [0.1, 0.15) is 42.9 Å². The lowest BCUT2D eigenvalue weighted by atomic mass is 10.1. The zero-order valence-corrected chi connectivity index (χ0v) is 10.7. The van der Waals surface area contributed by atoms with Gasteiger partial charge in [-0.3, -0.25) is 9.89 Å². The van der Waals surface area contributed by atoms with Crippen molar-refractivity contribution in [2.45, 2.75) is 32.8 Å². The van der Waals surface area contributed by atoms with Crippen molar-refractivity contribution in [2.75, 3.05) is 19.3 Å². The number of nitrogens with zero attached hydrogens (tertiary/aromatic N) is 2. The van der Waals surface area contributed by atoms with Crippen LogP contribution in [-0.2, 0) is 0 Å². The molecule has 0 fully saturated rings. The van der Waals surface area contributed by atoms with Gasteiger partial charge in [0.25, 0.3) is 5.91 Å². The first kappa shape index (κ1) is 13.5. The van der Waals surface area contributed by atoms with Crippen molar-refractivity contribution in [1.29, 1.82) is 0 Å². The van der Waals surface area contributed by atoms with E-state index in [1.54, 1.807) is 14.0 Å². The van der Waals surface area contributed by atoms with Crippen LogP contribution in [0.5, 0.6) is 0 Å². The number of hydrogen-bond donors (Lipinski definition) is 3. The van der Waals surface area contributed by atoms with E-state index in [0.29, 0.717) is 5.69 Å². The molecule has 1 unspecified atom stereocenters. The summed E-state index contributed by atoms with van der Waals surface area (Å²) in [5, 5.41) is 15.9. The number of carbonyl (C=O) groups excluding carboxylic acids is 1. The summed E-state index contributed by atoms with van der Waals surface area (Å²) in [6.45, 7) is 5.81. The Bertz CT molecular complexity index is 398. The number of likely N-dealkylation sites (N-methyl/N-ethyl adjacent to an activating group) is 1. The zero-order chi connectivity index (χ0) is 13.2. The second kappa shape index (κ2) is 5.18. The first-order valence-electron chi connectivity index (χ1n) is 5.61. The monoisotopic (exact) mass is 240 g/mol. The zero-order valence-electron chi connectivity index (χ0n) is 10.7. The summed E-state index contributed by atoms with van der Waals surface area (Å²) in [5.41, 5.74) is 7.24. The van der Waals surface area contributed by atoms with E-state index in [1.807, 2.05) is 13.8 Å². The summed E-state index contributed by atoms with van der Waals surface area (Å²) in [6, 6.07) is 0. The van der Waals surface area contributed by atoms with E-state index in [1.165, 1.54) is 4.90 Å². The molecule has 0 aromatic carbocycles. The summed E-state index contributed by atoms with van der Waals surface area (Å²) in [6.07, 6.45) is -0.575. The molecule has 6 heteroatoms. The molecule has 0 aliphatic heterocycles. The summed E-state index contributed by atoms with van der Waals surface area (Å²) < 4.78 is 0. The molecular weight excluding hydrogens is 220 g/mol. The van der Waals surface area contributed by atoms with Gasteiger partial charge in [0, 0.05) is 13.6 Å². The summed E-state index contributed by atoms with van der Waals surface area (Å²) in [7, 11) is 1.61. The number of nitrogens with one attached hydrogen (secondary N) is 1. The minimum absolute atomic E-state index is 0.186. The summed E-state index contributed by atoms with van der Waals surface area (Å²) in [5.74, 6) is -0.0994. The molecule has 0 aliphatic rings. The van der Waals surface area contributed by atoms with Gasteiger partial charge in [-0.2, -0.15) is 5.10 Å². The van der Waals surface area contributed by atoms with E-state index >= 15 is 0 Å². The highest BCUT2D eigenvalue weighted by atomic mass is 16.3. The van der Waals surface area contributed by atoms with Gasteiger partial charge in [0.15, 0.2) is 5.69 Å². The van der Waals surface area contributed by atoms with Crippen LogP contribution in [0.2, 0.25) is 0 Å². The normalized spacial score (nSPS) is 12.8. The molecule has 17 heavy (non-hydrogen) atoms. The molecule has 0 aliphatic carbocycles. The maximum Gasteiger partial charge on any atom is 0.276 e. The Morgan fingerprint density at radius 2 is 2.12 bits per heavy atom. The number of H-pyrrole nitrogens is 1. The molecule has 1 aromatic heterocycles. The Balaban J connectivity index is 2.90. The van der Waals surface area contributed by atoms with E-state index < -0.39 is 6.10 Å². The molecule has 1 rings (SSSR count). The molecule has 0 bridgehead atoms. The van der Waals surface area contributed by atoms with Crippen molar-refractivity contribution in [2.24, 2.45) is 0 Å². The predicted octanol–water partition coefficient (Wildman–Crippen LogP) is 0.568. The molecule has 1 heterocycles. The van der Waals surface area contributed by atoms with Crippen LogP contribution in [-0.4, -0.2) is 45.8 Å². The number of carbonyl (C=O) groups is 1. The maximum absolute atomic E-state index is 12.0. The number of amides is 1. The summed E-state index contributed by atoms with van der Waals surface area (Å²) >= 11 is 0. The van der Waals surface area contributed by atoms with Gasteiger partial charge in [-0.05, 0) is 12.8 Å². The molecule has 1 atom stereocenters. The molecule has 1 amide bonds. The molecule has 0 radical (unpaired) electrons. The smallest absolute Gasteiger partial charge is 0.276 e. The molecule has 96 valence electrons. The van der Waals surface area contributed by atoms with Gasteiger partial charge >= 0.3 is 0 Å². The first-order chi connectivity index (χ1) is 7.84. The van der Waals surface area contributed by atoms with Crippen LogP contribution in [0.4, 0.5) is 5.69 Å². The lowest BCUT2D eigenvalue weighted by Gasteiger charge is -2.17. The van der Waals surface area contributed by atoms with Crippen molar-refractivity contribution in [3.63, 3.8) is 0 Å². The van der Waals surface area contributed by atoms with E-state index in [0.717, 1.165) is 5.69 Å². The highest BCUT2D eigenvalue weighted by Gasteiger charge is 2.22. The number of nitrogen functional groups attached to an aromatic ring is 1. The number of nitrogens with two attached hydrogens (primary N) is 1. The van der Waals surface area contributed by atoms with Crippen molar-refractivity contribution >= 4 is 11.6 Å². The van der Waals surface area contributed by atoms with Gasteiger partial charge in [-0.25, -0.2) is 0 Å². The van der Waals surface area contributed by atoms with Crippen LogP contribution >= 0.6 is 0 Å². The molecule has 0 spiro atoms. The fraction of sp³-hybridized carbons (Fsp3) is 0.636. The lowest BCUT2D eigenvalue weighted by molar-refractivity contribution is 0.0699. The highest BCUT2D eigenvalue weighted by molar-refractivity contribution is 5.97. The van der Waals surface area contributed by atoms with Crippen molar-refractivity contribution < 1.29 is 9.90 Å². The average Bonchev–Trinajstić information content (AvgIpc) is 2.57. The number of aliphatic hydroxyl groups excluding tert-OH is 1. The van der Waals surface area contributed by atoms with Crippen molar-refractivity contribution in [1.82, 2.24) is 15.1 Å². The minimum Gasteiger partial charge on any atom is -0.395 e. The molecule has 1 aromatic rings. The van der Waals surface area contributed by atoms with Gasteiger partial charge in [-0.15, -0.1) is 0 Å². The molecule has 0 saturated heterocycles. The number of hydrogen-bond acceptors (Lipinski definition) is 4. The molecule has 6 nitrogen and oxygen atoms in total. The van der Waals surface area contributed by atoms with E-state index in [9.17, 15) is 9.90 Å². The number of rotatable bonds is 4. The van der Waals surface area contributed by atoms with Crippen LogP contribution in [0, 0.1) is 0 Å². The quantitative estimate of drug-likeness (QED) is 0.717. The van der Waals surface area contributed by atoms with Gasteiger partial charge in [-0.1, -0.05) is 13.8 Å². The molecule has 4 N–H and O–H groups in total. The maximum atomic E-state index is 12.0. The van der Waals surface area contributed by atoms with Crippen LogP contribution in [0.25, 0.3) is 0 Å². The van der Waals surface area contributed by atoms with Crippen LogP contribution in [0.3, 0.4) is 0 Å². The second-order valence-electron chi connectivity index (χ2n) is 4.59. The Hall–Kier alpha value is -1.56. The third-order valence-electron chi connectivity index (χ3n) is 2.50. The predicted molar refractivity (Wildman–Crippen MR) is 65.7 cm³/mol. The number of aromatic nitrogens is 2. The fourth-order valence-corrected chi connectivity index (χ4v) is 1.63. The largest absolute Gasteiger partial charge is 0.395 e. The Morgan fingerprint density at radius 3 is 2.53 bits per heavy atom. The first-order valence-corrected chi connectivity index (χ1v) is 5.61. The van der Waals surface area contributed by atoms with Crippen LogP contribution < -0.4 is 5.73 Å². The number of aromatic amines is 1. The number of anilines is 1. The standard InChI is InChI=1S/C11H20N4O2/c1-6(2)9-8(12)10(14-13-9)11(17)15(4)5-7(3)16/h6-7,16H,5,12H2,1-4H3,(H,13,14). The van der Waals surface area contributed by atoms with Crippen LogP contribution in [0.15, 0.2) is 0 Å². The third kappa shape index (κ3) is 2.97. The molecule has 0 saturated carbocycles. The highest BCUT2D eigenvalue weighted by Crippen LogP contribution is 2.22. The van der Waals surface area contributed by atoms with Gasteiger partial charge < -0.3 is 15.7 Å². The second-order valence-corrected chi connectivity index (χ2v) is 4.59. The van der Waals surface area contributed by atoms with E-state index in [2.05, 4.69) is 10.2 Å². The van der Waals surface area contributed by atoms with Gasteiger partial charge in [0.2, 0.25) is 0 Å². The average molecular weight is 240 g/mol. The Morgan fingerprint density at radius 1 is 1.53 bits per heavy atom. The SMILES string of the molecule is CC(O)CN(C)C(=O)c1n[nH]c(C(C)C)c1N. The van der Waals surface area contributed by atoms with Gasteiger partial charge in [0.1, 0.15) is 0 Å². The molecular formula is C11H20N4O2. The fourth-order valence-electron chi connectivity index (χ4n) is 1.63. The summed E-state index contributed by atoms with van der Waals surface area (Å²) in [4.78, 5) is 13.4. The van der Waals surface area contributed by atoms with Crippen molar-refractivity contribution in [3.8, 4) is 0 Å². The third-order valence-corrected chi connectivity index (χ3v) is 2.50. The van der Waals surface area contributed by atoms with Gasteiger partial charge in [0.05, 0.1) is 17.5 Å². The number of aliphatic hydroxyl groups is 1. The minimum atomic E-state index is -0.575. The van der Waals surface area contributed by atoms with E-state index in [-0.39, 0.29) is 24.1 Å². The topological polar surface area (TPSA) is 95.2 Å². The van der Waals surface area contributed by atoms with Crippen molar-refractivity contribution in [3.05, 3.63) is 11.4 Å². The lowest BCUT2D eigenvalue weighted by Crippen LogP contribution is -2.33.